The number of nitrogens with zero attached hydrogens (tertiary/aromatic N) is 2. The third-order valence-electron chi connectivity index (χ3n) is 5.60. The molecule has 4 aliphatic rings. The van der Waals surface area contributed by atoms with Crippen LogP contribution in [0.4, 0.5) is 0 Å². The van der Waals surface area contributed by atoms with Gasteiger partial charge in [-0.2, -0.15) is 0 Å². The van der Waals surface area contributed by atoms with Crippen LogP contribution in [0.15, 0.2) is 0 Å². The van der Waals surface area contributed by atoms with E-state index in [9.17, 15) is 0 Å². The third-order valence-corrected chi connectivity index (χ3v) is 5.60. The molecule has 4 fully saturated rings. The van der Waals surface area contributed by atoms with Gasteiger partial charge in [0.2, 0.25) is 0 Å². The SMILES string of the molecule is CC(C)N1CCCC(NC2CN3CCC2CC3)CC1. The van der Waals surface area contributed by atoms with Gasteiger partial charge in [-0.1, -0.05) is 0 Å². The lowest BCUT2D eigenvalue weighted by molar-refractivity contribution is 0.0658. The van der Waals surface area contributed by atoms with Gasteiger partial charge in [-0.25, -0.2) is 0 Å². The maximum atomic E-state index is 4.02. The van der Waals surface area contributed by atoms with Crippen molar-refractivity contribution in [1.82, 2.24) is 15.1 Å². The molecule has 0 aromatic rings. The second-order valence-electron chi connectivity index (χ2n) is 7.17. The molecule has 0 spiro atoms. The molecular formula is C16H31N3. The molecule has 3 heteroatoms. The molecule has 2 unspecified atom stereocenters. The number of rotatable bonds is 3. The summed E-state index contributed by atoms with van der Waals surface area (Å²) >= 11 is 0. The molecule has 0 aromatic carbocycles. The molecule has 110 valence electrons. The Morgan fingerprint density at radius 2 is 1.74 bits per heavy atom. The summed E-state index contributed by atoms with van der Waals surface area (Å²) in [4.78, 5) is 5.31. The molecule has 1 N–H and O–H groups in total. The fourth-order valence-electron chi connectivity index (χ4n) is 4.26. The summed E-state index contributed by atoms with van der Waals surface area (Å²) in [5, 5.41) is 4.02. The van der Waals surface area contributed by atoms with E-state index in [1.54, 1.807) is 0 Å². The summed E-state index contributed by atoms with van der Waals surface area (Å²) in [6.07, 6.45) is 6.97. The minimum atomic E-state index is 0.718. The molecule has 0 radical (unpaired) electrons. The fourth-order valence-corrected chi connectivity index (χ4v) is 4.26. The molecule has 0 amide bonds. The molecule has 19 heavy (non-hydrogen) atoms. The van der Waals surface area contributed by atoms with E-state index in [-0.39, 0.29) is 0 Å². The molecule has 4 rings (SSSR count). The number of fused-ring (bicyclic) bond motifs is 3. The summed E-state index contributed by atoms with van der Waals surface area (Å²) in [7, 11) is 0. The van der Waals surface area contributed by atoms with Crippen molar-refractivity contribution < 1.29 is 0 Å². The molecule has 2 atom stereocenters. The van der Waals surface area contributed by atoms with E-state index in [4.69, 9.17) is 0 Å². The number of piperidine rings is 3. The average Bonchev–Trinajstić information content (AvgIpc) is 2.66. The van der Waals surface area contributed by atoms with Gasteiger partial charge in [0, 0.05) is 24.7 Å². The van der Waals surface area contributed by atoms with Gasteiger partial charge in [0.25, 0.3) is 0 Å². The monoisotopic (exact) mass is 265 g/mol. The lowest BCUT2D eigenvalue weighted by Crippen LogP contribution is -2.58. The largest absolute Gasteiger partial charge is 0.310 e. The summed E-state index contributed by atoms with van der Waals surface area (Å²) in [5.74, 6) is 0.967. The Bertz CT molecular complexity index is 284. The lowest BCUT2D eigenvalue weighted by atomic mass is 9.83. The molecule has 4 heterocycles. The van der Waals surface area contributed by atoms with E-state index in [0.717, 1.165) is 24.0 Å². The van der Waals surface area contributed by atoms with Crippen molar-refractivity contribution in [2.24, 2.45) is 5.92 Å². The topological polar surface area (TPSA) is 18.5 Å². The molecule has 4 aliphatic heterocycles. The van der Waals surface area contributed by atoms with Gasteiger partial charge in [-0.15, -0.1) is 0 Å². The number of nitrogens with one attached hydrogen (secondary N) is 1. The van der Waals surface area contributed by atoms with Crippen LogP contribution in [0.1, 0.15) is 46.0 Å². The zero-order valence-electron chi connectivity index (χ0n) is 12.8. The Labute approximate surface area is 118 Å². The van der Waals surface area contributed by atoms with Crippen molar-refractivity contribution in [1.29, 1.82) is 0 Å². The number of likely N-dealkylation sites (tertiary alicyclic amines) is 1. The fraction of sp³-hybridized carbons (Fsp3) is 1.00. The highest BCUT2D eigenvalue weighted by Crippen LogP contribution is 2.28. The molecule has 0 aliphatic carbocycles. The molecule has 0 saturated carbocycles. The van der Waals surface area contributed by atoms with Crippen molar-refractivity contribution in [3.63, 3.8) is 0 Å². The van der Waals surface area contributed by atoms with Crippen molar-refractivity contribution >= 4 is 0 Å². The predicted molar refractivity (Wildman–Crippen MR) is 80.4 cm³/mol. The van der Waals surface area contributed by atoms with E-state index in [1.165, 1.54) is 64.8 Å². The molecule has 2 bridgehead atoms. The van der Waals surface area contributed by atoms with Crippen LogP contribution < -0.4 is 5.32 Å². The third kappa shape index (κ3) is 3.32. The van der Waals surface area contributed by atoms with Crippen LogP contribution in [0.3, 0.4) is 0 Å². The quantitative estimate of drug-likeness (QED) is 0.841. The highest BCUT2D eigenvalue weighted by atomic mass is 15.2. The Balaban J connectivity index is 1.50. The molecule has 4 saturated heterocycles. The van der Waals surface area contributed by atoms with Crippen LogP contribution in [-0.4, -0.2) is 60.6 Å². The number of hydrogen-bond acceptors (Lipinski definition) is 3. The van der Waals surface area contributed by atoms with Crippen LogP contribution in [0.5, 0.6) is 0 Å². The standard InChI is InChI=1S/C16H31N3/c1-13(2)19-8-3-4-15(7-11-19)17-16-12-18-9-5-14(16)6-10-18/h13-17H,3-12H2,1-2H3. The first-order valence-electron chi connectivity index (χ1n) is 8.45. The van der Waals surface area contributed by atoms with Crippen LogP contribution >= 0.6 is 0 Å². The zero-order valence-corrected chi connectivity index (χ0v) is 12.8. The highest BCUT2D eigenvalue weighted by molar-refractivity contribution is 4.93. The summed E-state index contributed by atoms with van der Waals surface area (Å²) in [6, 6.07) is 2.28. The maximum absolute atomic E-state index is 4.02. The Kier molecular flexibility index (Phi) is 4.45. The Hall–Kier alpha value is -0.120. The van der Waals surface area contributed by atoms with Crippen LogP contribution in [-0.2, 0) is 0 Å². The first-order valence-corrected chi connectivity index (χ1v) is 8.45. The van der Waals surface area contributed by atoms with Crippen LogP contribution in [0.25, 0.3) is 0 Å². The summed E-state index contributed by atoms with van der Waals surface area (Å²) < 4.78 is 0. The van der Waals surface area contributed by atoms with E-state index >= 15 is 0 Å². The second kappa shape index (κ2) is 6.11. The Morgan fingerprint density at radius 3 is 2.37 bits per heavy atom. The van der Waals surface area contributed by atoms with Gasteiger partial charge in [-0.3, -0.25) is 0 Å². The van der Waals surface area contributed by atoms with Gasteiger partial charge < -0.3 is 15.1 Å². The number of hydrogen-bond donors (Lipinski definition) is 1. The van der Waals surface area contributed by atoms with Crippen LogP contribution in [0, 0.1) is 5.92 Å². The van der Waals surface area contributed by atoms with E-state index < -0.39 is 0 Å². The maximum Gasteiger partial charge on any atom is 0.0226 e. The minimum Gasteiger partial charge on any atom is -0.310 e. The van der Waals surface area contributed by atoms with E-state index in [2.05, 4.69) is 29.0 Å². The normalized spacial score (nSPS) is 40.6. The summed E-state index contributed by atoms with van der Waals surface area (Å²) in [6.45, 7) is 11.3. The van der Waals surface area contributed by atoms with Crippen molar-refractivity contribution in [3.8, 4) is 0 Å². The minimum absolute atomic E-state index is 0.718. The second-order valence-corrected chi connectivity index (χ2v) is 7.17. The van der Waals surface area contributed by atoms with Crippen LogP contribution in [0.2, 0.25) is 0 Å². The Morgan fingerprint density at radius 1 is 0.947 bits per heavy atom. The van der Waals surface area contributed by atoms with Crippen molar-refractivity contribution in [2.75, 3.05) is 32.7 Å². The summed E-state index contributed by atoms with van der Waals surface area (Å²) in [5.41, 5.74) is 0. The van der Waals surface area contributed by atoms with Gasteiger partial charge in [0.05, 0.1) is 0 Å². The van der Waals surface area contributed by atoms with Gasteiger partial charge in [0.15, 0.2) is 0 Å². The smallest absolute Gasteiger partial charge is 0.0226 e. The van der Waals surface area contributed by atoms with E-state index in [0.29, 0.717) is 0 Å². The van der Waals surface area contributed by atoms with Gasteiger partial charge in [0.1, 0.15) is 0 Å². The van der Waals surface area contributed by atoms with Gasteiger partial charge >= 0.3 is 0 Å². The molecular weight excluding hydrogens is 234 g/mol. The zero-order chi connectivity index (χ0) is 13.2. The highest BCUT2D eigenvalue weighted by Gasteiger charge is 2.35. The lowest BCUT2D eigenvalue weighted by Gasteiger charge is -2.46. The first-order chi connectivity index (χ1) is 9.22. The van der Waals surface area contributed by atoms with E-state index in [1.807, 2.05) is 0 Å². The molecule has 0 aromatic heterocycles. The van der Waals surface area contributed by atoms with Gasteiger partial charge in [-0.05, 0) is 78.0 Å². The van der Waals surface area contributed by atoms with Crippen molar-refractivity contribution in [2.45, 2.75) is 64.1 Å². The van der Waals surface area contributed by atoms with Crippen molar-refractivity contribution in [3.05, 3.63) is 0 Å². The molecule has 3 nitrogen and oxygen atoms in total. The first kappa shape index (κ1) is 13.8. The average molecular weight is 265 g/mol. The predicted octanol–water partition coefficient (Wildman–Crippen LogP) is 1.93.